The van der Waals surface area contributed by atoms with Crippen LogP contribution in [-0.2, 0) is 4.74 Å². The summed E-state index contributed by atoms with van der Waals surface area (Å²) in [5.41, 5.74) is 1.30. The molecule has 1 amide bonds. The monoisotopic (exact) mass is 283 g/mol. The molecule has 3 rings (SSSR count). The number of hydrogen-bond acceptors (Lipinski definition) is 4. The van der Waals surface area contributed by atoms with Gasteiger partial charge in [0.05, 0.1) is 0 Å². The molecule has 1 aliphatic heterocycles. The van der Waals surface area contributed by atoms with Crippen LogP contribution in [0.25, 0.3) is 11.4 Å². The molecule has 5 nitrogen and oxygen atoms in total. The van der Waals surface area contributed by atoms with Crippen molar-refractivity contribution in [2.75, 3.05) is 13.2 Å². The Morgan fingerprint density at radius 3 is 2.67 bits per heavy atom. The third-order valence-electron chi connectivity index (χ3n) is 3.48. The molecule has 0 atom stereocenters. The highest BCUT2D eigenvalue weighted by atomic mass is 16.5. The van der Waals surface area contributed by atoms with Gasteiger partial charge >= 0.3 is 0 Å². The Balaban J connectivity index is 1.74. The predicted molar refractivity (Wildman–Crippen MR) is 78.8 cm³/mol. The largest absolute Gasteiger partial charge is 0.381 e. The van der Waals surface area contributed by atoms with Crippen molar-refractivity contribution in [2.45, 2.75) is 18.9 Å². The van der Waals surface area contributed by atoms with Crippen LogP contribution in [-0.4, -0.2) is 35.1 Å². The highest BCUT2D eigenvalue weighted by Crippen LogP contribution is 2.14. The summed E-state index contributed by atoms with van der Waals surface area (Å²) in [6.45, 7) is 1.40. The van der Waals surface area contributed by atoms with E-state index in [0.717, 1.165) is 18.4 Å². The van der Waals surface area contributed by atoms with E-state index in [1.165, 1.54) is 0 Å². The number of amides is 1. The average Bonchev–Trinajstić information content (AvgIpc) is 2.57. The Labute approximate surface area is 123 Å². The number of aromatic nitrogens is 2. The molecule has 1 aromatic carbocycles. The normalized spacial score (nSPS) is 15.6. The fraction of sp³-hybridized carbons (Fsp3) is 0.312. The van der Waals surface area contributed by atoms with Crippen molar-refractivity contribution in [1.29, 1.82) is 0 Å². The third-order valence-corrected chi connectivity index (χ3v) is 3.48. The van der Waals surface area contributed by atoms with Crippen LogP contribution >= 0.6 is 0 Å². The molecule has 0 unspecified atom stereocenters. The lowest BCUT2D eigenvalue weighted by atomic mass is 10.1. The van der Waals surface area contributed by atoms with Crippen LogP contribution in [0.1, 0.15) is 23.3 Å². The molecular weight excluding hydrogens is 266 g/mol. The third kappa shape index (κ3) is 3.44. The fourth-order valence-corrected chi connectivity index (χ4v) is 2.31. The molecule has 2 aromatic rings. The van der Waals surface area contributed by atoms with Crippen molar-refractivity contribution in [3.05, 3.63) is 48.3 Å². The van der Waals surface area contributed by atoms with E-state index in [0.29, 0.717) is 24.7 Å². The van der Waals surface area contributed by atoms with E-state index in [4.69, 9.17) is 4.74 Å². The Morgan fingerprint density at radius 2 is 1.90 bits per heavy atom. The van der Waals surface area contributed by atoms with Crippen LogP contribution in [0.3, 0.4) is 0 Å². The first-order chi connectivity index (χ1) is 10.3. The topological polar surface area (TPSA) is 64.1 Å². The number of rotatable bonds is 3. The van der Waals surface area contributed by atoms with Crippen LogP contribution in [0.2, 0.25) is 0 Å². The van der Waals surface area contributed by atoms with Crippen LogP contribution in [0.15, 0.2) is 42.6 Å². The lowest BCUT2D eigenvalue weighted by molar-refractivity contribution is 0.0694. The molecule has 1 N–H and O–H groups in total. The van der Waals surface area contributed by atoms with Gasteiger partial charge in [0.2, 0.25) is 0 Å². The van der Waals surface area contributed by atoms with Crippen molar-refractivity contribution in [1.82, 2.24) is 15.3 Å². The lowest BCUT2D eigenvalue weighted by Crippen LogP contribution is -2.39. The van der Waals surface area contributed by atoms with Crippen LogP contribution in [0.5, 0.6) is 0 Å². The Hall–Kier alpha value is -2.27. The minimum absolute atomic E-state index is 0.151. The minimum atomic E-state index is -0.151. The quantitative estimate of drug-likeness (QED) is 0.936. The first kappa shape index (κ1) is 13.7. The van der Waals surface area contributed by atoms with Crippen LogP contribution < -0.4 is 5.32 Å². The summed E-state index contributed by atoms with van der Waals surface area (Å²) in [5, 5.41) is 3.00. The first-order valence-electron chi connectivity index (χ1n) is 7.10. The van der Waals surface area contributed by atoms with Gasteiger partial charge in [-0.2, -0.15) is 0 Å². The van der Waals surface area contributed by atoms with Gasteiger partial charge in [0.15, 0.2) is 5.82 Å². The second kappa shape index (κ2) is 6.45. The molecule has 1 fully saturated rings. The summed E-state index contributed by atoms with van der Waals surface area (Å²) in [5.74, 6) is 0.414. The summed E-state index contributed by atoms with van der Waals surface area (Å²) < 4.78 is 5.29. The molecule has 21 heavy (non-hydrogen) atoms. The summed E-state index contributed by atoms with van der Waals surface area (Å²) in [6, 6.07) is 11.4. The molecule has 2 heterocycles. The highest BCUT2D eigenvalue weighted by molar-refractivity contribution is 5.92. The standard InChI is InChI=1S/C16H17N3O2/c20-16(18-13-7-10-21-11-8-13)14-6-9-17-15(19-14)12-4-2-1-3-5-12/h1-6,9,13H,7-8,10-11H2,(H,18,20). The van der Waals surface area contributed by atoms with Gasteiger partial charge in [0.1, 0.15) is 5.69 Å². The molecule has 0 aliphatic carbocycles. The van der Waals surface area contributed by atoms with E-state index in [2.05, 4.69) is 15.3 Å². The van der Waals surface area contributed by atoms with Gasteiger partial charge in [-0.25, -0.2) is 9.97 Å². The number of carbonyl (C=O) groups is 1. The Morgan fingerprint density at radius 1 is 1.14 bits per heavy atom. The molecule has 1 aliphatic rings. The number of nitrogens with one attached hydrogen (secondary N) is 1. The smallest absolute Gasteiger partial charge is 0.270 e. The van der Waals surface area contributed by atoms with E-state index in [-0.39, 0.29) is 11.9 Å². The second-order valence-electron chi connectivity index (χ2n) is 4.99. The van der Waals surface area contributed by atoms with Gasteiger partial charge in [-0.15, -0.1) is 0 Å². The maximum absolute atomic E-state index is 12.3. The van der Waals surface area contributed by atoms with E-state index < -0.39 is 0 Å². The summed E-state index contributed by atoms with van der Waals surface area (Å²) in [7, 11) is 0. The number of nitrogens with zero attached hydrogens (tertiary/aromatic N) is 2. The maximum Gasteiger partial charge on any atom is 0.270 e. The predicted octanol–water partition coefficient (Wildman–Crippen LogP) is 2.05. The van der Waals surface area contributed by atoms with Crippen molar-refractivity contribution in [2.24, 2.45) is 0 Å². The van der Waals surface area contributed by atoms with Crippen LogP contribution in [0.4, 0.5) is 0 Å². The molecule has 0 radical (unpaired) electrons. The lowest BCUT2D eigenvalue weighted by Gasteiger charge is -2.22. The number of hydrogen-bond donors (Lipinski definition) is 1. The van der Waals surface area contributed by atoms with Crippen molar-refractivity contribution in [3.8, 4) is 11.4 Å². The SMILES string of the molecule is O=C(NC1CCOCC1)c1ccnc(-c2ccccc2)n1. The molecule has 0 bridgehead atoms. The minimum Gasteiger partial charge on any atom is -0.381 e. The number of ether oxygens (including phenoxy) is 1. The van der Waals surface area contributed by atoms with Gasteiger partial charge < -0.3 is 10.1 Å². The maximum atomic E-state index is 12.3. The zero-order valence-electron chi connectivity index (χ0n) is 11.7. The average molecular weight is 283 g/mol. The van der Waals surface area contributed by atoms with Crippen molar-refractivity contribution in [3.63, 3.8) is 0 Å². The van der Waals surface area contributed by atoms with Crippen molar-refractivity contribution >= 4 is 5.91 Å². The van der Waals surface area contributed by atoms with Gasteiger partial charge in [0.25, 0.3) is 5.91 Å². The zero-order chi connectivity index (χ0) is 14.5. The molecule has 1 saturated heterocycles. The zero-order valence-corrected chi connectivity index (χ0v) is 11.7. The summed E-state index contributed by atoms with van der Waals surface area (Å²) >= 11 is 0. The van der Waals surface area contributed by atoms with Crippen molar-refractivity contribution < 1.29 is 9.53 Å². The van der Waals surface area contributed by atoms with E-state index in [9.17, 15) is 4.79 Å². The van der Waals surface area contributed by atoms with E-state index in [1.54, 1.807) is 12.3 Å². The summed E-state index contributed by atoms with van der Waals surface area (Å²) in [4.78, 5) is 20.8. The molecular formula is C16H17N3O2. The second-order valence-corrected chi connectivity index (χ2v) is 4.99. The molecule has 0 spiro atoms. The van der Waals surface area contributed by atoms with E-state index >= 15 is 0 Å². The molecule has 108 valence electrons. The molecule has 5 heteroatoms. The highest BCUT2D eigenvalue weighted by Gasteiger charge is 2.18. The van der Waals surface area contributed by atoms with E-state index in [1.807, 2.05) is 30.3 Å². The molecule has 0 saturated carbocycles. The van der Waals surface area contributed by atoms with Gasteiger partial charge in [-0.1, -0.05) is 30.3 Å². The number of benzene rings is 1. The Kier molecular flexibility index (Phi) is 4.21. The molecule has 1 aromatic heterocycles. The Bertz CT molecular complexity index is 610. The van der Waals surface area contributed by atoms with Gasteiger partial charge in [-0.3, -0.25) is 4.79 Å². The first-order valence-corrected chi connectivity index (χ1v) is 7.10. The van der Waals surface area contributed by atoms with Crippen LogP contribution in [0, 0.1) is 0 Å². The summed E-state index contributed by atoms with van der Waals surface area (Å²) in [6.07, 6.45) is 3.32. The van der Waals surface area contributed by atoms with Gasteiger partial charge in [0, 0.05) is 31.0 Å². The number of carbonyl (C=O) groups excluding carboxylic acids is 1. The van der Waals surface area contributed by atoms with Gasteiger partial charge in [-0.05, 0) is 18.9 Å². The fourth-order valence-electron chi connectivity index (χ4n) is 2.31.